The van der Waals surface area contributed by atoms with Gasteiger partial charge in [0.1, 0.15) is 17.3 Å². The van der Waals surface area contributed by atoms with Crippen LogP contribution in [-0.4, -0.2) is 17.8 Å². The van der Waals surface area contributed by atoms with Crippen molar-refractivity contribution in [2.45, 2.75) is 18.7 Å². The van der Waals surface area contributed by atoms with Gasteiger partial charge in [-0.1, -0.05) is 23.7 Å². The molecule has 2 aliphatic heterocycles. The van der Waals surface area contributed by atoms with E-state index < -0.39 is 6.23 Å². The van der Waals surface area contributed by atoms with Gasteiger partial charge in [0.2, 0.25) is 6.23 Å². The van der Waals surface area contributed by atoms with Crippen molar-refractivity contribution < 1.29 is 13.9 Å². The summed E-state index contributed by atoms with van der Waals surface area (Å²) in [6, 6.07) is 19.8. The van der Waals surface area contributed by atoms with Crippen LogP contribution < -0.4 is 9.47 Å². The Hall–Kier alpha value is -3.05. The SMILES string of the molecule is COc1ccc(C2=NN3C(C2)c2cc(Cl)ccc2OC3c2cccc(F)c2)cc1. The number of hydrogen-bond donors (Lipinski definition) is 0. The highest BCUT2D eigenvalue weighted by Gasteiger charge is 2.41. The van der Waals surface area contributed by atoms with Gasteiger partial charge in [-0.15, -0.1) is 0 Å². The molecule has 0 saturated carbocycles. The largest absolute Gasteiger partial charge is 0.497 e. The highest BCUT2D eigenvalue weighted by atomic mass is 35.5. The number of hydrazone groups is 1. The molecule has 0 spiro atoms. The van der Waals surface area contributed by atoms with E-state index >= 15 is 0 Å². The van der Waals surface area contributed by atoms with E-state index in [1.54, 1.807) is 19.2 Å². The Balaban J connectivity index is 1.58. The van der Waals surface area contributed by atoms with E-state index in [2.05, 4.69) is 0 Å². The Morgan fingerprint density at radius 2 is 1.93 bits per heavy atom. The molecule has 2 atom stereocenters. The Morgan fingerprint density at radius 3 is 2.69 bits per heavy atom. The van der Waals surface area contributed by atoms with Crippen molar-refractivity contribution in [2.75, 3.05) is 7.11 Å². The zero-order valence-electron chi connectivity index (χ0n) is 15.7. The fourth-order valence-corrected chi connectivity index (χ4v) is 4.08. The third-order valence-electron chi connectivity index (χ3n) is 5.31. The van der Waals surface area contributed by atoms with Crippen molar-refractivity contribution in [3.05, 3.63) is 94.3 Å². The standard InChI is InChI=1S/C23H18ClFN2O2/c1-28-18-8-5-14(6-9-18)20-13-21-19-12-16(24)7-10-22(19)29-23(27(21)26-20)15-3-2-4-17(25)11-15/h2-12,21,23H,13H2,1H3. The predicted molar refractivity (Wildman–Crippen MR) is 110 cm³/mol. The molecule has 0 N–H and O–H groups in total. The lowest BCUT2D eigenvalue weighted by Gasteiger charge is -2.38. The normalized spacial score (nSPS) is 19.8. The Morgan fingerprint density at radius 1 is 1.10 bits per heavy atom. The van der Waals surface area contributed by atoms with Gasteiger partial charge in [-0.05, 0) is 60.2 Å². The minimum atomic E-state index is -0.514. The second kappa shape index (κ2) is 7.08. The molecular weight excluding hydrogens is 391 g/mol. The average molecular weight is 409 g/mol. The van der Waals surface area contributed by atoms with Crippen molar-refractivity contribution in [1.82, 2.24) is 5.01 Å². The molecule has 4 nitrogen and oxygen atoms in total. The molecule has 0 aromatic heterocycles. The number of halogens is 2. The summed E-state index contributed by atoms with van der Waals surface area (Å²) in [6.07, 6.45) is 0.189. The van der Waals surface area contributed by atoms with Gasteiger partial charge in [0, 0.05) is 22.6 Å². The zero-order chi connectivity index (χ0) is 20.0. The first-order valence-corrected chi connectivity index (χ1v) is 9.72. The summed E-state index contributed by atoms with van der Waals surface area (Å²) >= 11 is 6.25. The van der Waals surface area contributed by atoms with Crippen molar-refractivity contribution >= 4 is 17.3 Å². The molecule has 2 aliphatic rings. The van der Waals surface area contributed by atoms with E-state index in [0.29, 0.717) is 11.4 Å². The van der Waals surface area contributed by atoms with Crippen LogP contribution in [0.4, 0.5) is 4.39 Å². The average Bonchev–Trinajstić information content (AvgIpc) is 3.19. The highest BCUT2D eigenvalue weighted by molar-refractivity contribution is 6.30. The second-order valence-corrected chi connectivity index (χ2v) is 7.52. The molecule has 0 saturated heterocycles. The van der Waals surface area contributed by atoms with Gasteiger partial charge in [0.05, 0.1) is 18.9 Å². The minimum Gasteiger partial charge on any atom is -0.497 e. The van der Waals surface area contributed by atoms with Crippen molar-refractivity contribution in [3.8, 4) is 11.5 Å². The Labute approximate surface area is 173 Å². The Bertz CT molecular complexity index is 1100. The summed E-state index contributed by atoms with van der Waals surface area (Å²) in [5, 5.41) is 7.43. The Kier molecular flexibility index (Phi) is 4.40. The number of ether oxygens (including phenoxy) is 2. The number of hydrogen-bond acceptors (Lipinski definition) is 4. The summed E-state index contributed by atoms with van der Waals surface area (Å²) in [5.74, 6) is 1.24. The molecule has 3 aromatic rings. The first-order chi connectivity index (χ1) is 14.1. The smallest absolute Gasteiger partial charge is 0.213 e. The predicted octanol–water partition coefficient (Wildman–Crippen LogP) is 5.73. The molecule has 146 valence electrons. The van der Waals surface area contributed by atoms with Crippen LogP contribution in [0.25, 0.3) is 0 Å². The molecule has 0 bridgehead atoms. The molecule has 0 radical (unpaired) electrons. The third-order valence-corrected chi connectivity index (χ3v) is 5.54. The molecule has 2 unspecified atom stereocenters. The maximum Gasteiger partial charge on any atom is 0.213 e. The molecule has 0 fully saturated rings. The molecule has 6 heteroatoms. The van der Waals surface area contributed by atoms with E-state index in [1.807, 2.05) is 47.5 Å². The number of rotatable bonds is 3. The fourth-order valence-electron chi connectivity index (χ4n) is 3.90. The van der Waals surface area contributed by atoms with Gasteiger partial charge in [-0.3, -0.25) is 0 Å². The maximum atomic E-state index is 13.9. The topological polar surface area (TPSA) is 34.1 Å². The van der Waals surface area contributed by atoms with Gasteiger partial charge in [0.15, 0.2) is 0 Å². The van der Waals surface area contributed by atoms with Gasteiger partial charge in [-0.25, -0.2) is 9.40 Å². The summed E-state index contributed by atoms with van der Waals surface area (Å²) in [6.45, 7) is 0. The highest BCUT2D eigenvalue weighted by Crippen LogP contribution is 2.48. The monoisotopic (exact) mass is 408 g/mol. The maximum absolute atomic E-state index is 13.9. The minimum absolute atomic E-state index is 0.0391. The van der Waals surface area contributed by atoms with Gasteiger partial charge >= 0.3 is 0 Å². The molecule has 3 aromatic carbocycles. The van der Waals surface area contributed by atoms with Gasteiger partial charge in [0.25, 0.3) is 0 Å². The van der Waals surface area contributed by atoms with E-state index in [4.69, 9.17) is 26.2 Å². The van der Waals surface area contributed by atoms with Crippen LogP contribution in [0.15, 0.2) is 71.8 Å². The van der Waals surface area contributed by atoms with Crippen molar-refractivity contribution in [1.29, 1.82) is 0 Å². The van der Waals surface area contributed by atoms with E-state index in [1.165, 1.54) is 12.1 Å². The fraction of sp³-hybridized carbons (Fsp3) is 0.174. The molecule has 2 heterocycles. The van der Waals surface area contributed by atoms with Crippen molar-refractivity contribution in [2.24, 2.45) is 5.10 Å². The summed E-state index contributed by atoms with van der Waals surface area (Å²) < 4.78 is 25.4. The summed E-state index contributed by atoms with van der Waals surface area (Å²) in [7, 11) is 1.64. The zero-order valence-corrected chi connectivity index (χ0v) is 16.4. The van der Waals surface area contributed by atoms with E-state index in [-0.39, 0.29) is 11.9 Å². The first kappa shape index (κ1) is 18.0. The third kappa shape index (κ3) is 3.21. The molecule has 0 amide bonds. The molecule has 29 heavy (non-hydrogen) atoms. The van der Waals surface area contributed by atoms with Crippen molar-refractivity contribution in [3.63, 3.8) is 0 Å². The van der Waals surface area contributed by atoms with E-state index in [0.717, 1.165) is 33.9 Å². The van der Waals surface area contributed by atoms with Crippen LogP contribution >= 0.6 is 11.6 Å². The van der Waals surface area contributed by atoms with Crippen LogP contribution in [0.1, 0.15) is 35.4 Å². The van der Waals surface area contributed by atoms with Gasteiger partial charge < -0.3 is 9.47 Å². The first-order valence-electron chi connectivity index (χ1n) is 9.34. The van der Waals surface area contributed by atoms with Crippen LogP contribution in [0.5, 0.6) is 11.5 Å². The lowest BCUT2D eigenvalue weighted by atomic mass is 9.96. The van der Waals surface area contributed by atoms with Gasteiger partial charge in [-0.2, -0.15) is 5.10 Å². The lowest BCUT2D eigenvalue weighted by Crippen LogP contribution is -2.33. The molecule has 0 aliphatic carbocycles. The number of fused-ring (bicyclic) bond motifs is 3. The molecule has 5 rings (SSSR count). The number of benzene rings is 3. The quantitative estimate of drug-likeness (QED) is 0.555. The van der Waals surface area contributed by atoms with E-state index in [9.17, 15) is 4.39 Å². The van der Waals surface area contributed by atoms with Crippen LogP contribution in [0.2, 0.25) is 5.02 Å². The van der Waals surface area contributed by atoms with Crippen LogP contribution in [0.3, 0.4) is 0 Å². The van der Waals surface area contributed by atoms with Crippen LogP contribution in [-0.2, 0) is 0 Å². The summed E-state index contributed by atoms with van der Waals surface area (Å²) in [5.41, 5.74) is 3.66. The number of nitrogens with zero attached hydrogens (tertiary/aromatic N) is 2. The number of methoxy groups -OCH3 is 1. The lowest BCUT2D eigenvalue weighted by molar-refractivity contribution is -0.0192. The summed E-state index contributed by atoms with van der Waals surface area (Å²) in [4.78, 5) is 0. The van der Waals surface area contributed by atoms with Crippen LogP contribution in [0, 0.1) is 5.82 Å². The second-order valence-electron chi connectivity index (χ2n) is 7.08. The molecular formula is C23H18ClFN2O2.